The smallest absolute Gasteiger partial charge is 0.0663 e. The Bertz CT molecular complexity index is 67.0. The van der Waals surface area contributed by atoms with Gasteiger partial charge in [0.1, 0.15) is 0 Å². The SMILES string of the molecule is CNC1(CO)CNC1. The van der Waals surface area contributed by atoms with Crippen LogP contribution in [0, 0.1) is 0 Å². The Morgan fingerprint density at radius 3 is 2.38 bits per heavy atom. The van der Waals surface area contributed by atoms with Crippen LogP contribution in [-0.4, -0.2) is 37.4 Å². The molecule has 3 heteroatoms. The minimum atomic E-state index is 0. The first-order valence-electron chi connectivity index (χ1n) is 2.83. The topological polar surface area (TPSA) is 44.3 Å². The third kappa shape index (κ3) is 0.727. The van der Waals surface area contributed by atoms with Gasteiger partial charge in [0.05, 0.1) is 12.1 Å². The van der Waals surface area contributed by atoms with Gasteiger partial charge in [0.2, 0.25) is 0 Å². The molecule has 3 nitrogen and oxygen atoms in total. The van der Waals surface area contributed by atoms with Gasteiger partial charge < -0.3 is 15.7 Å². The number of rotatable bonds is 2. The molecular formula is C5H12N2O. The highest BCUT2D eigenvalue weighted by molar-refractivity contribution is 4.98. The van der Waals surface area contributed by atoms with Crippen molar-refractivity contribution >= 4 is 0 Å². The number of aliphatic hydroxyl groups is 1. The van der Waals surface area contributed by atoms with Gasteiger partial charge in [-0.15, -0.1) is 0 Å². The van der Waals surface area contributed by atoms with Crippen LogP contribution in [0.15, 0.2) is 0 Å². The molecule has 8 heavy (non-hydrogen) atoms. The van der Waals surface area contributed by atoms with E-state index in [4.69, 9.17) is 5.11 Å². The Labute approximate surface area is 49.1 Å². The van der Waals surface area contributed by atoms with Crippen molar-refractivity contribution in [2.75, 3.05) is 26.7 Å². The van der Waals surface area contributed by atoms with E-state index in [9.17, 15) is 0 Å². The maximum Gasteiger partial charge on any atom is 0.0663 e. The van der Waals surface area contributed by atoms with Crippen LogP contribution in [0.5, 0.6) is 0 Å². The normalized spacial score (nSPS) is 24.8. The van der Waals surface area contributed by atoms with Gasteiger partial charge in [-0.05, 0) is 7.05 Å². The molecule has 0 saturated carbocycles. The van der Waals surface area contributed by atoms with Crippen molar-refractivity contribution in [3.63, 3.8) is 0 Å². The molecule has 0 spiro atoms. The summed E-state index contributed by atoms with van der Waals surface area (Å²) in [5.74, 6) is 0. The first-order chi connectivity index (χ1) is 3.83. The molecule has 3 N–H and O–H groups in total. The highest BCUT2D eigenvalue weighted by Crippen LogP contribution is 2.07. The van der Waals surface area contributed by atoms with E-state index in [1.165, 1.54) is 0 Å². The first kappa shape index (κ1) is 6.01. The van der Waals surface area contributed by atoms with Crippen LogP contribution in [0.2, 0.25) is 0 Å². The summed E-state index contributed by atoms with van der Waals surface area (Å²) >= 11 is 0. The lowest BCUT2D eigenvalue weighted by Gasteiger charge is -2.40. The summed E-state index contributed by atoms with van der Waals surface area (Å²) in [6.45, 7) is 2.01. The van der Waals surface area contributed by atoms with E-state index in [2.05, 4.69) is 10.6 Å². The lowest BCUT2D eigenvalue weighted by molar-refractivity contribution is 0.117. The first-order valence-corrected chi connectivity index (χ1v) is 2.83. The Kier molecular flexibility index (Phi) is 1.51. The summed E-state index contributed by atoms with van der Waals surface area (Å²) < 4.78 is 0. The molecule has 0 atom stereocenters. The molecule has 48 valence electrons. The van der Waals surface area contributed by atoms with E-state index in [1.54, 1.807) is 0 Å². The van der Waals surface area contributed by atoms with Crippen molar-refractivity contribution in [1.29, 1.82) is 0 Å². The molecule has 1 aliphatic heterocycles. The molecule has 1 saturated heterocycles. The molecule has 0 amide bonds. The lowest BCUT2D eigenvalue weighted by atomic mass is 9.94. The average molecular weight is 116 g/mol. The highest BCUT2D eigenvalue weighted by atomic mass is 16.3. The minimum absolute atomic E-state index is 0. The third-order valence-electron chi connectivity index (χ3n) is 1.76. The molecular weight excluding hydrogens is 104 g/mol. The van der Waals surface area contributed by atoms with Gasteiger partial charge in [0, 0.05) is 13.1 Å². The van der Waals surface area contributed by atoms with Gasteiger partial charge in [0.25, 0.3) is 0 Å². The summed E-state index contributed by atoms with van der Waals surface area (Å²) in [6.07, 6.45) is 0. The van der Waals surface area contributed by atoms with Crippen LogP contribution in [-0.2, 0) is 0 Å². The number of nitrogens with one attached hydrogen (secondary N) is 2. The van der Waals surface area contributed by atoms with Crippen LogP contribution in [0.3, 0.4) is 0 Å². The van der Waals surface area contributed by atoms with Gasteiger partial charge in [-0.25, -0.2) is 0 Å². The van der Waals surface area contributed by atoms with Crippen molar-refractivity contribution in [2.24, 2.45) is 0 Å². The molecule has 1 heterocycles. The van der Waals surface area contributed by atoms with Crippen LogP contribution in [0.25, 0.3) is 0 Å². The van der Waals surface area contributed by atoms with Crippen molar-refractivity contribution in [1.82, 2.24) is 10.6 Å². The van der Waals surface area contributed by atoms with E-state index in [1.807, 2.05) is 7.05 Å². The number of hydrogen-bond donors (Lipinski definition) is 3. The minimum Gasteiger partial charge on any atom is -0.394 e. The molecule has 1 fully saturated rings. The summed E-state index contributed by atoms with van der Waals surface area (Å²) in [6, 6.07) is 0. The summed E-state index contributed by atoms with van der Waals surface area (Å²) in [5, 5.41) is 14.9. The number of aliphatic hydroxyl groups excluding tert-OH is 1. The molecule has 0 aromatic carbocycles. The van der Waals surface area contributed by atoms with Gasteiger partial charge in [-0.1, -0.05) is 0 Å². The van der Waals surface area contributed by atoms with Crippen molar-refractivity contribution in [3.05, 3.63) is 0 Å². The second-order valence-electron chi connectivity index (χ2n) is 2.29. The average Bonchev–Trinajstić information content (AvgIpc) is 1.67. The standard InChI is InChI=1S/C5H12N2O/c1-6-5(4-8)2-7-3-5/h6-8H,2-4H2,1H3. The van der Waals surface area contributed by atoms with Crippen LogP contribution in [0.4, 0.5) is 0 Å². The Hall–Kier alpha value is -0.120. The fourth-order valence-corrected chi connectivity index (χ4v) is 0.794. The molecule has 0 aromatic rings. The molecule has 0 aromatic heterocycles. The summed E-state index contributed by atoms with van der Waals surface area (Å²) in [4.78, 5) is 0. The van der Waals surface area contributed by atoms with E-state index in [0.29, 0.717) is 0 Å². The zero-order valence-corrected chi connectivity index (χ0v) is 5.07. The van der Waals surface area contributed by atoms with Crippen molar-refractivity contribution < 1.29 is 5.11 Å². The summed E-state index contributed by atoms with van der Waals surface area (Å²) in [7, 11) is 1.87. The molecule has 0 bridgehead atoms. The third-order valence-corrected chi connectivity index (χ3v) is 1.76. The monoisotopic (exact) mass is 116 g/mol. The van der Waals surface area contributed by atoms with Gasteiger partial charge in [-0.3, -0.25) is 0 Å². The Balaban J connectivity index is 2.33. The molecule has 1 aliphatic rings. The number of likely N-dealkylation sites (N-methyl/N-ethyl adjacent to an activating group) is 1. The highest BCUT2D eigenvalue weighted by Gasteiger charge is 2.33. The fraction of sp³-hybridized carbons (Fsp3) is 1.00. The number of hydrogen-bond acceptors (Lipinski definition) is 3. The van der Waals surface area contributed by atoms with Crippen LogP contribution < -0.4 is 10.6 Å². The largest absolute Gasteiger partial charge is 0.394 e. The van der Waals surface area contributed by atoms with E-state index in [-0.39, 0.29) is 12.1 Å². The Morgan fingerprint density at radius 1 is 1.75 bits per heavy atom. The van der Waals surface area contributed by atoms with Crippen molar-refractivity contribution in [2.45, 2.75) is 5.54 Å². The van der Waals surface area contributed by atoms with E-state index in [0.717, 1.165) is 13.1 Å². The Morgan fingerprint density at radius 2 is 2.38 bits per heavy atom. The van der Waals surface area contributed by atoms with Crippen LogP contribution in [0.1, 0.15) is 0 Å². The molecule has 0 unspecified atom stereocenters. The van der Waals surface area contributed by atoms with Crippen molar-refractivity contribution in [3.8, 4) is 0 Å². The van der Waals surface area contributed by atoms with Gasteiger partial charge in [-0.2, -0.15) is 0 Å². The maximum absolute atomic E-state index is 8.73. The van der Waals surface area contributed by atoms with Gasteiger partial charge in [0.15, 0.2) is 0 Å². The van der Waals surface area contributed by atoms with E-state index >= 15 is 0 Å². The van der Waals surface area contributed by atoms with Crippen LogP contribution >= 0.6 is 0 Å². The molecule has 0 aliphatic carbocycles. The quantitative estimate of drug-likeness (QED) is 0.413. The maximum atomic E-state index is 8.73. The summed E-state index contributed by atoms with van der Waals surface area (Å²) in [5.41, 5.74) is 0. The second kappa shape index (κ2) is 2.01. The fourth-order valence-electron chi connectivity index (χ4n) is 0.794. The lowest BCUT2D eigenvalue weighted by Crippen LogP contribution is -2.68. The predicted molar refractivity (Wildman–Crippen MR) is 31.7 cm³/mol. The van der Waals surface area contributed by atoms with Gasteiger partial charge >= 0.3 is 0 Å². The molecule has 1 rings (SSSR count). The zero-order chi connectivity index (χ0) is 6.04. The van der Waals surface area contributed by atoms with E-state index < -0.39 is 0 Å². The zero-order valence-electron chi connectivity index (χ0n) is 5.07. The predicted octanol–water partition coefficient (Wildman–Crippen LogP) is -1.46. The molecule has 0 radical (unpaired) electrons. The second-order valence-corrected chi connectivity index (χ2v) is 2.29.